The molecule has 174 valence electrons. The maximum Gasteiger partial charge on any atom is 0.345 e. The molecule has 0 aromatic rings. The molecule has 6 heteroatoms. The molecule has 0 heterocycles. The van der Waals surface area contributed by atoms with Crippen molar-refractivity contribution in [2.45, 2.75) is 83.0 Å². The van der Waals surface area contributed by atoms with E-state index in [4.69, 9.17) is 0 Å². The molecule has 3 rings (SSSR count). The molecule has 0 spiro atoms. The van der Waals surface area contributed by atoms with Crippen LogP contribution in [0.1, 0.15) is 71.6 Å². The van der Waals surface area contributed by atoms with Crippen molar-refractivity contribution in [2.75, 3.05) is 6.26 Å². The first-order valence-electron chi connectivity index (χ1n) is 11.4. The Labute approximate surface area is 185 Å². The van der Waals surface area contributed by atoms with E-state index in [9.17, 15) is 22.3 Å². The monoisotopic (exact) mass is 454 g/mol. The Morgan fingerprint density at radius 2 is 2.06 bits per heavy atom. The maximum absolute atomic E-state index is 14.0. The molecule has 2 saturated carbocycles. The second-order valence-corrected chi connectivity index (χ2v) is 12.1. The number of aliphatic hydroxyl groups is 1. The number of hydrogen-bond donors (Lipinski definition) is 1. The quantitative estimate of drug-likeness (QED) is 0.491. The Balaban J connectivity index is 1.74. The van der Waals surface area contributed by atoms with Crippen LogP contribution in [0.4, 0.5) is 8.78 Å². The summed E-state index contributed by atoms with van der Waals surface area (Å²) in [6, 6.07) is 0. The fourth-order valence-electron chi connectivity index (χ4n) is 5.74. The van der Waals surface area contributed by atoms with Crippen molar-refractivity contribution in [3.63, 3.8) is 0 Å². The van der Waals surface area contributed by atoms with Gasteiger partial charge in [0.15, 0.2) is 0 Å². The summed E-state index contributed by atoms with van der Waals surface area (Å²) >= 11 is 0. The number of fused-ring (bicyclic) bond motifs is 1. The molecule has 31 heavy (non-hydrogen) atoms. The Hall–Kier alpha value is -1.27. The Morgan fingerprint density at radius 3 is 2.74 bits per heavy atom. The van der Waals surface area contributed by atoms with Crippen LogP contribution in [0.25, 0.3) is 0 Å². The zero-order valence-electron chi connectivity index (χ0n) is 19.0. The third kappa shape index (κ3) is 5.05. The van der Waals surface area contributed by atoms with Crippen molar-refractivity contribution in [3.8, 4) is 0 Å². The molecule has 0 bridgehead atoms. The number of halogens is 2. The molecule has 0 radical (unpaired) electrons. The third-order valence-corrected chi connectivity index (χ3v) is 9.03. The van der Waals surface area contributed by atoms with E-state index < -0.39 is 21.5 Å². The van der Waals surface area contributed by atoms with Gasteiger partial charge in [0.2, 0.25) is 9.84 Å². The highest BCUT2D eigenvalue weighted by molar-refractivity contribution is 7.91. The van der Waals surface area contributed by atoms with E-state index in [0.717, 1.165) is 49.7 Å². The molecule has 4 atom stereocenters. The molecule has 2 fully saturated rings. The van der Waals surface area contributed by atoms with Gasteiger partial charge >= 0.3 is 5.25 Å². The fraction of sp³-hybridized carbons (Fsp3) is 0.680. The average Bonchev–Trinajstić information content (AvgIpc) is 3.03. The van der Waals surface area contributed by atoms with Gasteiger partial charge in [-0.25, -0.2) is 8.42 Å². The lowest BCUT2D eigenvalue weighted by molar-refractivity contribution is 0.0756. The van der Waals surface area contributed by atoms with Gasteiger partial charge < -0.3 is 5.11 Å². The minimum atomic E-state index is -4.39. The predicted octanol–water partition coefficient (Wildman–Crippen LogP) is 6.13. The van der Waals surface area contributed by atoms with Crippen molar-refractivity contribution in [1.82, 2.24) is 0 Å². The highest BCUT2D eigenvalue weighted by Gasteiger charge is 2.47. The largest absolute Gasteiger partial charge is 0.393 e. The van der Waals surface area contributed by atoms with Crippen LogP contribution >= 0.6 is 0 Å². The lowest BCUT2D eigenvalue weighted by Gasteiger charge is -2.42. The highest BCUT2D eigenvalue weighted by atomic mass is 32.2. The van der Waals surface area contributed by atoms with Gasteiger partial charge in [-0.15, -0.1) is 0 Å². The van der Waals surface area contributed by atoms with Gasteiger partial charge in [-0.3, -0.25) is 0 Å². The van der Waals surface area contributed by atoms with Crippen LogP contribution in [0.2, 0.25) is 0 Å². The molecule has 0 amide bonds. The SMILES string of the molecule is C=C1CC[C@H](O)C/C1=C/C=C1\CCC[C@]2(C)C([C@H](C)CCC(F)(F)S(C)(=O)=O)=CC[C@@H]12. The van der Waals surface area contributed by atoms with E-state index in [1.807, 2.05) is 6.92 Å². The Bertz CT molecular complexity index is 913. The Kier molecular flexibility index (Phi) is 7.02. The number of alkyl halides is 2. The van der Waals surface area contributed by atoms with Gasteiger partial charge in [0.25, 0.3) is 0 Å². The van der Waals surface area contributed by atoms with E-state index in [2.05, 4.69) is 31.7 Å². The Morgan fingerprint density at radius 1 is 1.35 bits per heavy atom. The second kappa shape index (κ2) is 8.93. The van der Waals surface area contributed by atoms with E-state index in [-0.39, 0.29) is 23.9 Å². The van der Waals surface area contributed by atoms with Gasteiger partial charge in [-0.1, -0.05) is 55.4 Å². The first-order chi connectivity index (χ1) is 14.3. The molecule has 0 saturated heterocycles. The van der Waals surface area contributed by atoms with E-state index in [1.54, 1.807) is 0 Å². The molecule has 0 aliphatic heterocycles. The van der Waals surface area contributed by atoms with Gasteiger partial charge in [0.1, 0.15) is 0 Å². The summed E-state index contributed by atoms with van der Waals surface area (Å²) in [5.74, 6) is 0.279. The fourth-order valence-corrected chi connectivity index (χ4v) is 6.23. The number of hydrogen-bond acceptors (Lipinski definition) is 3. The molecular formula is C25H36F2O3S. The summed E-state index contributed by atoms with van der Waals surface area (Å²) in [5.41, 5.74) is 4.75. The van der Waals surface area contributed by atoms with E-state index in [0.29, 0.717) is 18.6 Å². The lowest BCUT2D eigenvalue weighted by atomic mass is 9.62. The van der Waals surface area contributed by atoms with Crippen molar-refractivity contribution in [2.24, 2.45) is 17.3 Å². The predicted molar refractivity (Wildman–Crippen MR) is 122 cm³/mol. The minimum absolute atomic E-state index is 0.0640. The minimum Gasteiger partial charge on any atom is -0.393 e. The van der Waals surface area contributed by atoms with Crippen LogP contribution in [-0.2, 0) is 9.84 Å². The summed E-state index contributed by atoms with van der Waals surface area (Å²) in [6.45, 7) is 8.33. The third-order valence-electron chi connectivity index (χ3n) is 7.74. The van der Waals surface area contributed by atoms with Gasteiger partial charge in [-0.05, 0) is 74.2 Å². The van der Waals surface area contributed by atoms with Gasteiger partial charge in [-0.2, -0.15) is 8.78 Å². The smallest absolute Gasteiger partial charge is 0.345 e. The summed E-state index contributed by atoms with van der Waals surface area (Å²) in [4.78, 5) is 0. The van der Waals surface area contributed by atoms with E-state index >= 15 is 0 Å². The standard InChI is InChI=1S/C25H36F2O3S/c1-17-7-10-21(28)16-20(17)9-8-19-6-5-14-24(3)22(11-12-23(19)24)18(2)13-15-25(26,27)31(4,29)30/h8-9,11,18,21,23,28H,1,5-7,10,12-16H2,2-4H3/b19-8+,20-9-/t18-,21+,23+,24-/m1/s1. The van der Waals surface area contributed by atoms with Crippen LogP contribution in [0.15, 0.2) is 47.1 Å². The first kappa shape index (κ1) is 24.4. The maximum atomic E-state index is 14.0. The highest BCUT2D eigenvalue weighted by Crippen LogP contribution is 2.57. The summed E-state index contributed by atoms with van der Waals surface area (Å²) < 4.78 is 50.6. The second-order valence-electron chi connectivity index (χ2n) is 10.0. The molecular weight excluding hydrogens is 418 g/mol. The number of aliphatic hydroxyl groups excluding tert-OH is 1. The van der Waals surface area contributed by atoms with Crippen molar-refractivity contribution < 1.29 is 22.3 Å². The summed E-state index contributed by atoms with van der Waals surface area (Å²) in [7, 11) is -4.39. The summed E-state index contributed by atoms with van der Waals surface area (Å²) in [5, 5.41) is 6.31. The van der Waals surface area contributed by atoms with E-state index in [1.165, 1.54) is 11.1 Å². The van der Waals surface area contributed by atoms with Crippen molar-refractivity contribution in [1.29, 1.82) is 0 Å². The van der Waals surface area contributed by atoms with Crippen LogP contribution in [0.5, 0.6) is 0 Å². The number of sulfone groups is 1. The normalized spacial score (nSPS) is 33.5. The first-order valence-corrected chi connectivity index (χ1v) is 13.3. The average molecular weight is 455 g/mol. The molecule has 3 nitrogen and oxygen atoms in total. The molecule has 0 aromatic carbocycles. The summed E-state index contributed by atoms with van der Waals surface area (Å²) in [6.07, 6.45) is 12.6. The number of rotatable bonds is 6. The zero-order valence-corrected chi connectivity index (χ0v) is 19.8. The van der Waals surface area contributed by atoms with Crippen molar-refractivity contribution >= 4 is 9.84 Å². The zero-order chi connectivity index (χ0) is 23.0. The van der Waals surface area contributed by atoms with Crippen LogP contribution < -0.4 is 0 Å². The number of allylic oxidation sites excluding steroid dienone is 6. The molecule has 3 aliphatic rings. The lowest BCUT2D eigenvalue weighted by Crippen LogP contribution is -2.33. The van der Waals surface area contributed by atoms with Crippen LogP contribution in [0.3, 0.4) is 0 Å². The molecule has 0 aromatic heterocycles. The van der Waals surface area contributed by atoms with Crippen LogP contribution in [0, 0.1) is 17.3 Å². The van der Waals surface area contributed by atoms with Crippen molar-refractivity contribution in [3.05, 3.63) is 47.1 Å². The van der Waals surface area contributed by atoms with Crippen LogP contribution in [-0.4, -0.2) is 31.1 Å². The molecule has 1 N–H and O–H groups in total. The van der Waals surface area contributed by atoms with Gasteiger partial charge in [0.05, 0.1) is 6.10 Å². The van der Waals surface area contributed by atoms with Gasteiger partial charge in [0, 0.05) is 12.7 Å². The molecule has 0 unspecified atom stereocenters. The topological polar surface area (TPSA) is 54.4 Å². The molecule has 3 aliphatic carbocycles.